The van der Waals surface area contributed by atoms with E-state index in [4.69, 9.17) is 9.47 Å². The maximum atomic E-state index is 12.6. The molecule has 0 aliphatic carbocycles. The van der Waals surface area contributed by atoms with E-state index in [-0.39, 0.29) is 12.0 Å². The first-order valence-electron chi connectivity index (χ1n) is 8.91. The van der Waals surface area contributed by atoms with Gasteiger partial charge in [-0.15, -0.1) is 0 Å². The second kappa shape index (κ2) is 9.07. The highest BCUT2D eigenvalue weighted by atomic mass is 16.5. The van der Waals surface area contributed by atoms with Crippen LogP contribution in [0, 0.1) is 13.8 Å². The van der Waals surface area contributed by atoms with E-state index in [2.05, 4.69) is 26.1 Å². The molecule has 24 heavy (non-hydrogen) atoms. The van der Waals surface area contributed by atoms with Crippen LogP contribution in [0.4, 0.5) is 5.69 Å². The molecular weight excluding hydrogens is 302 g/mol. The summed E-state index contributed by atoms with van der Waals surface area (Å²) in [7, 11) is 1.59. The predicted molar refractivity (Wildman–Crippen MR) is 99.9 cm³/mol. The van der Waals surface area contributed by atoms with Crippen LogP contribution in [0.25, 0.3) is 0 Å². The van der Waals surface area contributed by atoms with Gasteiger partial charge in [-0.1, -0.05) is 26.7 Å². The number of methoxy groups -OCH3 is 1. The van der Waals surface area contributed by atoms with Crippen LogP contribution >= 0.6 is 0 Å². The fraction of sp³-hybridized carbons (Fsp3) is 0.650. The Morgan fingerprint density at radius 2 is 1.83 bits per heavy atom. The molecule has 1 N–H and O–H groups in total. The van der Waals surface area contributed by atoms with Crippen molar-refractivity contribution in [1.82, 2.24) is 0 Å². The van der Waals surface area contributed by atoms with Crippen LogP contribution in [0.1, 0.15) is 64.5 Å². The Balaban J connectivity index is 2.94. The number of carbonyl (C=O) groups excluding carboxylic acids is 1. The third-order valence-corrected chi connectivity index (χ3v) is 4.55. The Morgan fingerprint density at radius 3 is 2.29 bits per heavy atom. The van der Waals surface area contributed by atoms with Gasteiger partial charge in [-0.2, -0.15) is 0 Å². The van der Waals surface area contributed by atoms with Crippen molar-refractivity contribution >= 4 is 11.6 Å². The van der Waals surface area contributed by atoms with Gasteiger partial charge in [0, 0.05) is 12.8 Å². The Bertz CT molecular complexity index is 533. The highest BCUT2D eigenvalue weighted by Crippen LogP contribution is 2.29. The van der Waals surface area contributed by atoms with E-state index in [0.29, 0.717) is 6.42 Å². The zero-order chi connectivity index (χ0) is 18.3. The Morgan fingerprint density at radius 1 is 1.25 bits per heavy atom. The minimum absolute atomic E-state index is 0.104. The Labute approximate surface area is 146 Å². The molecule has 0 aliphatic rings. The molecule has 0 bridgehead atoms. The predicted octanol–water partition coefficient (Wildman–Crippen LogP) is 5.01. The van der Waals surface area contributed by atoms with Crippen molar-refractivity contribution in [1.29, 1.82) is 0 Å². The quantitative estimate of drug-likeness (QED) is 0.689. The summed E-state index contributed by atoms with van der Waals surface area (Å²) in [6.45, 7) is 12.1. The van der Waals surface area contributed by atoms with Gasteiger partial charge in [-0.25, -0.2) is 0 Å². The number of ether oxygens (including phenoxy) is 2. The molecule has 0 aromatic heterocycles. The zero-order valence-electron chi connectivity index (χ0n) is 16.3. The summed E-state index contributed by atoms with van der Waals surface area (Å²) in [5, 5.41) is 3.00. The van der Waals surface area contributed by atoms with E-state index < -0.39 is 5.60 Å². The highest BCUT2D eigenvalue weighted by molar-refractivity contribution is 5.97. The molecule has 136 valence electrons. The van der Waals surface area contributed by atoms with Crippen LogP contribution in [0.2, 0.25) is 0 Å². The van der Waals surface area contributed by atoms with E-state index in [0.717, 1.165) is 41.8 Å². The SMILES string of the molecule is CCCC[C@](C)(OC)C(=O)Nc1cc(C)c(O[C@H](C)CC)c(C)c1. The second-order valence-electron chi connectivity index (χ2n) is 6.77. The van der Waals surface area contributed by atoms with Crippen LogP contribution in [-0.2, 0) is 9.53 Å². The lowest BCUT2D eigenvalue weighted by atomic mass is 9.97. The van der Waals surface area contributed by atoms with Gasteiger partial charge in [-0.3, -0.25) is 4.79 Å². The van der Waals surface area contributed by atoms with Crippen LogP contribution < -0.4 is 10.1 Å². The first-order valence-corrected chi connectivity index (χ1v) is 8.91. The lowest BCUT2D eigenvalue weighted by molar-refractivity contribution is -0.136. The zero-order valence-corrected chi connectivity index (χ0v) is 16.3. The van der Waals surface area contributed by atoms with E-state index >= 15 is 0 Å². The van der Waals surface area contributed by atoms with Crippen LogP contribution in [0.15, 0.2) is 12.1 Å². The number of anilines is 1. The number of benzene rings is 1. The van der Waals surface area contributed by atoms with Gasteiger partial charge in [0.1, 0.15) is 11.4 Å². The summed E-state index contributed by atoms with van der Waals surface area (Å²) in [6.07, 6.45) is 3.83. The van der Waals surface area contributed by atoms with Crippen molar-refractivity contribution in [2.45, 2.75) is 78.9 Å². The monoisotopic (exact) mass is 335 g/mol. The molecule has 0 spiro atoms. The van der Waals surface area contributed by atoms with Gasteiger partial charge >= 0.3 is 0 Å². The number of hydrogen-bond acceptors (Lipinski definition) is 3. The van der Waals surface area contributed by atoms with Crippen molar-refractivity contribution in [2.75, 3.05) is 12.4 Å². The average Bonchev–Trinajstić information content (AvgIpc) is 2.55. The Kier molecular flexibility index (Phi) is 7.74. The fourth-order valence-corrected chi connectivity index (χ4v) is 2.58. The number of carbonyl (C=O) groups is 1. The molecule has 0 aliphatic heterocycles. The lowest BCUT2D eigenvalue weighted by Gasteiger charge is -2.27. The lowest BCUT2D eigenvalue weighted by Crippen LogP contribution is -2.42. The van der Waals surface area contributed by atoms with Gasteiger partial charge in [0.05, 0.1) is 6.10 Å². The third-order valence-electron chi connectivity index (χ3n) is 4.55. The smallest absolute Gasteiger partial charge is 0.256 e. The molecule has 1 aromatic rings. The molecule has 0 unspecified atom stereocenters. The number of unbranched alkanes of at least 4 members (excludes halogenated alkanes) is 1. The third kappa shape index (κ3) is 5.23. The maximum Gasteiger partial charge on any atom is 0.256 e. The van der Waals surface area contributed by atoms with Gasteiger partial charge < -0.3 is 14.8 Å². The van der Waals surface area contributed by atoms with Gasteiger partial charge in [0.2, 0.25) is 0 Å². The molecule has 0 saturated carbocycles. The molecule has 4 heteroatoms. The van der Waals surface area contributed by atoms with Crippen molar-refractivity contribution in [3.63, 3.8) is 0 Å². The molecule has 0 saturated heterocycles. The average molecular weight is 335 g/mol. The molecule has 0 radical (unpaired) electrons. The minimum Gasteiger partial charge on any atom is -0.490 e. The molecule has 1 rings (SSSR count). The Hall–Kier alpha value is -1.55. The van der Waals surface area contributed by atoms with Crippen LogP contribution in [0.3, 0.4) is 0 Å². The first kappa shape index (κ1) is 20.5. The summed E-state index contributed by atoms with van der Waals surface area (Å²) in [5.41, 5.74) is 2.03. The topological polar surface area (TPSA) is 47.6 Å². The fourth-order valence-electron chi connectivity index (χ4n) is 2.58. The molecular formula is C20H33NO3. The number of rotatable bonds is 9. The summed E-state index contributed by atoms with van der Waals surface area (Å²) in [6, 6.07) is 3.91. The van der Waals surface area contributed by atoms with Gasteiger partial charge in [-0.05, 0) is 63.8 Å². The van der Waals surface area contributed by atoms with Gasteiger partial charge in [0.15, 0.2) is 0 Å². The van der Waals surface area contributed by atoms with Gasteiger partial charge in [0.25, 0.3) is 5.91 Å². The molecule has 4 nitrogen and oxygen atoms in total. The van der Waals surface area contributed by atoms with E-state index in [1.165, 1.54) is 0 Å². The van der Waals surface area contributed by atoms with Crippen molar-refractivity contribution in [3.8, 4) is 5.75 Å². The van der Waals surface area contributed by atoms with Crippen molar-refractivity contribution < 1.29 is 14.3 Å². The largest absolute Gasteiger partial charge is 0.490 e. The summed E-state index contributed by atoms with van der Waals surface area (Å²) in [5.74, 6) is 0.802. The highest BCUT2D eigenvalue weighted by Gasteiger charge is 2.32. The molecule has 1 aromatic carbocycles. The van der Waals surface area contributed by atoms with Crippen LogP contribution in [0.5, 0.6) is 5.75 Å². The molecule has 2 atom stereocenters. The summed E-state index contributed by atoms with van der Waals surface area (Å²) >= 11 is 0. The molecule has 0 heterocycles. The van der Waals surface area contributed by atoms with E-state index in [1.807, 2.05) is 32.9 Å². The number of amides is 1. The molecule has 1 amide bonds. The summed E-state index contributed by atoms with van der Waals surface area (Å²) < 4.78 is 11.5. The molecule has 0 fully saturated rings. The van der Waals surface area contributed by atoms with Crippen LogP contribution in [-0.4, -0.2) is 24.7 Å². The maximum absolute atomic E-state index is 12.6. The second-order valence-corrected chi connectivity index (χ2v) is 6.77. The number of aryl methyl sites for hydroxylation is 2. The van der Waals surface area contributed by atoms with Crippen molar-refractivity contribution in [2.24, 2.45) is 0 Å². The summed E-state index contributed by atoms with van der Waals surface area (Å²) in [4.78, 5) is 12.6. The van der Waals surface area contributed by atoms with E-state index in [9.17, 15) is 4.79 Å². The first-order chi connectivity index (χ1) is 11.3. The van der Waals surface area contributed by atoms with E-state index in [1.54, 1.807) is 7.11 Å². The minimum atomic E-state index is -0.802. The van der Waals surface area contributed by atoms with Crippen molar-refractivity contribution in [3.05, 3.63) is 23.3 Å². The number of hydrogen-bond donors (Lipinski definition) is 1. The number of nitrogens with one attached hydrogen (secondary N) is 1. The normalized spacial score (nSPS) is 14.8. The standard InChI is InChI=1S/C20H33NO3/c1-8-10-11-20(6,23-7)19(22)21-17-12-14(3)18(15(4)13-17)24-16(5)9-2/h12-13,16H,8-11H2,1-7H3,(H,21,22)/t16-,20+/m1/s1.